The Morgan fingerprint density at radius 1 is 1.22 bits per heavy atom. The van der Waals surface area contributed by atoms with Crippen molar-refractivity contribution >= 4 is 11.8 Å². The number of hydrogen-bond donors (Lipinski definition) is 1. The average Bonchev–Trinajstić information content (AvgIpc) is 2.40. The summed E-state index contributed by atoms with van der Waals surface area (Å²) in [5, 5.41) is 2.96. The highest BCUT2D eigenvalue weighted by molar-refractivity contribution is 5.82. The number of carbonyl (C=O) groups is 2. The number of amides is 2. The van der Waals surface area contributed by atoms with Crippen molar-refractivity contribution in [1.82, 2.24) is 10.2 Å². The lowest BCUT2D eigenvalue weighted by atomic mass is 10.1. The number of nitrogens with zero attached hydrogens (tertiary/aromatic N) is 1. The molecule has 0 radical (unpaired) electrons. The summed E-state index contributed by atoms with van der Waals surface area (Å²) in [6, 6.07) is 9.74. The average molecular weight is 246 g/mol. The van der Waals surface area contributed by atoms with E-state index in [1.54, 1.807) is 4.90 Å². The van der Waals surface area contributed by atoms with Gasteiger partial charge < -0.3 is 10.2 Å². The van der Waals surface area contributed by atoms with E-state index >= 15 is 0 Å². The van der Waals surface area contributed by atoms with Crippen LogP contribution in [0.5, 0.6) is 0 Å². The van der Waals surface area contributed by atoms with Gasteiger partial charge in [-0.3, -0.25) is 4.79 Å². The summed E-state index contributed by atoms with van der Waals surface area (Å²) in [7, 11) is 0. The van der Waals surface area contributed by atoms with Crippen molar-refractivity contribution < 1.29 is 9.59 Å². The summed E-state index contributed by atoms with van der Waals surface area (Å²) in [6.07, 6.45) is 0.959. The molecule has 0 spiro atoms. The minimum atomic E-state index is -0.0844. The first kappa shape index (κ1) is 12.6. The molecule has 1 saturated heterocycles. The molecule has 1 atom stereocenters. The van der Waals surface area contributed by atoms with Crippen molar-refractivity contribution in [1.29, 1.82) is 0 Å². The maximum absolute atomic E-state index is 12.0. The van der Waals surface area contributed by atoms with E-state index in [0.29, 0.717) is 25.9 Å². The first-order valence-electron chi connectivity index (χ1n) is 6.29. The first-order valence-corrected chi connectivity index (χ1v) is 6.29. The van der Waals surface area contributed by atoms with Crippen LogP contribution in [0.15, 0.2) is 30.3 Å². The minimum absolute atomic E-state index is 0.0173. The van der Waals surface area contributed by atoms with Crippen LogP contribution in [0.25, 0.3) is 0 Å². The van der Waals surface area contributed by atoms with Crippen LogP contribution in [-0.4, -0.2) is 29.8 Å². The number of nitrogens with one attached hydrogen (secondary N) is 1. The second-order valence-electron chi connectivity index (χ2n) is 4.61. The highest BCUT2D eigenvalue weighted by atomic mass is 16.2. The zero-order valence-corrected chi connectivity index (χ0v) is 10.6. The number of ketones is 1. The van der Waals surface area contributed by atoms with E-state index in [1.165, 1.54) is 0 Å². The van der Waals surface area contributed by atoms with Crippen molar-refractivity contribution in [3.8, 4) is 0 Å². The van der Waals surface area contributed by atoms with Crippen LogP contribution in [0.1, 0.15) is 31.4 Å². The Hall–Kier alpha value is -1.84. The Bertz CT molecular complexity index is 421. The Labute approximate surface area is 107 Å². The van der Waals surface area contributed by atoms with E-state index in [1.807, 2.05) is 37.3 Å². The largest absolute Gasteiger partial charge is 0.331 e. The summed E-state index contributed by atoms with van der Waals surface area (Å²) < 4.78 is 0. The Morgan fingerprint density at radius 2 is 1.83 bits per heavy atom. The van der Waals surface area contributed by atoms with Gasteiger partial charge in [-0.15, -0.1) is 0 Å². The summed E-state index contributed by atoms with van der Waals surface area (Å²) >= 11 is 0. The monoisotopic (exact) mass is 246 g/mol. The van der Waals surface area contributed by atoms with Crippen LogP contribution in [0.3, 0.4) is 0 Å². The van der Waals surface area contributed by atoms with Crippen molar-refractivity contribution in [2.75, 3.05) is 13.1 Å². The molecule has 4 heteroatoms. The van der Waals surface area contributed by atoms with Gasteiger partial charge in [0.25, 0.3) is 0 Å². The normalized spacial score (nSPS) is 17.4. The fourth-order valence-electron chi connectivity index (χ4n) is 2.06. The molecular formula is C14H18N2O2. The standard InChI is InChI=1S/C14H18N2O2/c1-11(12-5-3-2-4-6-12)15-14(18)16-9-7-13(17)8-10-16/h2-6,11H,7-10H2,1H3,(H,15,18). The maximum Gasteiger partial charge on any atom is 0.317 e. The quantitative estimate of drug-likeness (QED) is 0.869. The molecular weight excluding hydrogens is 228 g/mol. The van der Waals surface area contributed by atoms with E-state index in [0.717, 1.165) is 5.56 Å². The van der Waals surface area contributed by atoms with Gasteiger partial charge in [0.15, 0.2) is 0 Å². The van der Waals surface area contributed by atoms with Crippen molar-refractivity contribution in [2.24, 2.45) is 0 Å². The van der Waals surface area contributed by atoms with Gasteiger partial charge in [0.2, 0.25) is 0 Å². The smallest absolute Gasteiger partial charge is 0.317 e. The molecule has 2 amide bonds. The van der Waals surface area contributed by atoms with Gasteiger partial charge >= 0.3 is 6.03 Å². The molecule has 1 heterocycles. The predicted octanol–water partition coefficient (Wildman–Crippen LogP) is 2.12. The molecule has 1 aliphatic rings. The Balaban J connectivity index is 1.89. The molecule has 1 aromatic carbocycles. The van der Waals surface area contributed by atoms with Gasteiger partial charge in [0.1, 0.15) is 5.78 Å². The van der Waals surface area contributed by atoms with Gasteiger partial charge in [-0.05, 0) is 12.5 Å². The molecule has 1 aromatic rings. The van der Waals surface area contributed by atoms with Crippen molar-refractivity contribution in [3.05, 3.63) is 35.9 Å². The van der Waals surface area contributed by atoms with Crippen LogP contribution in [0.2, 0.25) is 0 Å². The van der Waals surface area contributed by atoms with Crippen LogP contribution < -0.4 is 5.32 Å². The number of likely N-dealkylation sites (tertiary alicyclic amines) is 1. The van der Waals surface area contributed by atoms with Gasteiger partial charge in [0.05, 0.1) is 6.04 Å². The zero-order chi connectivity index (χ0) is 13.0. The molecule has 0 aliphatic carbocycles. The molecule has 0 bridgehead atoms. The molecule has 1 N–H and O–H groups in total. The lowest BCUT2D eigenvalue weighted by molar-refractivity contribution is -0.120. The molecule has 96 valence electrons. The van der Waals surface area contributed by atoms with Crippen LogP contribution >= 0.6 is 0 Å². The second-order valence-corrected chi connectivity index (χ2v) is 4.61. The minimum Gasteiger partial charge on any atom is -0.331 e. The molecule has 2 rings (SSSR count). The third-order valence-corrected chi connectivity index (χ3v) is 3.25. The molecule has 0 saturated carbocycles. The van der Waals surface area contributed by atoms with Crippen LogP contribution in [-0.2, 0) is 4.79 Å². The highest BCUT2D eigenvalue weighted by Gasteiger charge is 2.21. The van der Waals surface area contributed by atoms with E-state index in [2.05, 4.69) is 5.32 Å². The van der Waals surface area contributed by atoms with E-state index in [9.17, 15) is 9.59 Å². The van der Waals surface area contributed by atoms with Crippen LogP contribution in [0, 0.1) is 0 Å². The summed E-state index contributed by atoms with van der Waals surface area (Å²) in [4.78, 5) is 24.8. The zero-order valence-electron chi connectivity index (χ0n) is 10.6. The lowest BCUT2D eigenvalue weighted by Gasteiger charge is -2.28. The molecule has 1 aliphatic heterocycles. The molecule has 1 fully saturated rings. The second kappa shape index (κ2) is 5.67. The molecule has 18 heavy (non-hydrogen) atoms. The lowest BCUT2D eigenvalue weighted by Crippen LogP contribution is -2.45. The summed E-state index contributed by atoms with van der Waals surface area (Å²) in [6.45, 7) is 3.03. The van der Waals surface area contributed by atoms with Crippen molar-refractivity contribution in [2.45, 2.75) is 25.8 Å². The Kier molecular flexibility index (Phi) is 3.97. The van der Waals surface area contributed by atoms with Gasteiger partial charge in [-0.1, -0.05) is 30.3 Å². The SMILES string of the molecule is CC(NC(=O)N1CCC(=O)CC1)c1ccccc1. The highest BCUT2D eigenvalue weighted by Crippen LogP contribution is 2.13. The number of carbonyl (C=O) groups excluding carboxylic acids is 2. The number of piperidine rings is 1. The third kappa shape index (κ3) is 3.09. The Morgan fingerprint density at radius 3 is 2.44 bits per heavy atom. The maximum atomic E-state index is 12.0. The summed E-state index contributed by atoms with van der Waals surface area (Å²) in [5.41, 5.74) is 1.08. The fraction of sp³-hybridized carbons (Fsp3) is 0.429. The van der Waals surface area contributed by atoms with Gasteiger partial charge in [-0.2, -0.15) is 0 Å². The van der Waals surface area contributed by atoms with E-state index in [-0.39, 0.29) is 17.9 Å². The molecule has 4 nitrogen and oxygen atoms in total. The topological polar surface area (TPSA) is 49.4 Å². The first-order chi connectivity index (χ1) is 8.66. The number of hydrogen-bond acceptors (Lipinski definition) is 2. The molecule has 0 aromatic heterocycles. The fourth-order valence-corrected chi connectivity index (χ4v) is 2.06. The van der Waals surface area contributed by atoms with Crippen LogP contribution in [0.4, 0.5) is 4.79 Å². The summed E-state index contributed by atoms with van der Waals surface area (Å²) in [5.74, 6) is 0.246. The number of rotatable bonds is 2. The number of urea groups is 1. The number of benzene rings is 1. The number of Topliss-reactive ketones (excluding diaryl/α,β-unsaturated/α-hetero) is 1. The van der Waals surface area contributed by atoms with Gasteiger partial charge in [0, 0.05) is 25.9 Å². The van der Waals surface area contributed by atoms with E-state index < -0.39 is 0 Å². The third-order valence-electron chi connectivity index (χ3n) is 3.25. The van der Waals surface area contributed by atoms with Gasteiger partial charge in [-0.25, -0.2) is 4.79 Å². The van der Waals surface area contributed by atoms with Crippen molar-refractivity contribution in [3.63, 3.8) is 0 Å². The van der Waals surface area contributed by atoms with E-state index in [4.69, 9.17) is 0 Å². The predicted molar refractivity (Wildman–Crippen MR) is 69.2 cm³/mol. The molecule has 1 unspecified atom stereocenters.